The zero-order chi connectivity index (χ0) is 12.1. The van der Waals surface area contributed by atoms with Gasteiger partial charge in [0.1, 0.15) is 5.75 Å². The number of hydrogen-bond donors (Lipinski definition) is 2. The van der Waals surface area contributed by atoms with Crippen molar-refractivity contribution in [2.75, 3.05) is 19.0 Å². The number of aryl methyl sites for hydroxylation is 2. The van der Waals surface area contributed by atoms with Crippen LogP contribution in [0.5, 0.6) is 5.75 Å². The molecule has 0 heterocycles. The summed E-state index contributed by atoms with van der Waals surface area (Å²) >= 11 is 0. The van der Waals surface area contributed by atoms with Crippen LogP contribution >= 0.6 is 0 Å². The van der Waals surface area contributed by atoms with E-state index < -0.39 is 0 Å². The van der Waals surface area contributed by atoms with Crippen molar-refractivity contribution < 1.29 is 9.84 Å². The number of phenolic OH excluding ortho intramolecular Hbond substituents is 1. The highest BCUT2D eigenvalue weighted by atomic mass is 16.5. The maximum absolute atomic E-state index is 9.57. The van der Waals surface area contributed by atoms with E-state index in [0.717, 1.165) is 23.2 Å². The first-order valence-corrected chi connectivity index (χ1v) is 5.64. The van der Waals surface area contributed by atoms with Gasteiger partial charge in [-0.3, -0.25) is 0 Å². The van der Waals surface area contributed by atoms with Gasteiger partial charge >= 0.3 is 0 Å². The Morgan fingerprint density at radius 1 is 1.31 bits per heavy atom. The summed E-state index contributed by atoms with van der Waals surface area (Å²) in [5.41, 5.74) is 3.01. The summed E-state index contributed by atoms with van der Waals surface area (Å²) in [7, 11) is 1.71. The fourth-order valence-electron chi connectivity index (χ4n) is 1.64. The van der Waals surface area contributed by atoms with Gasteiger partial charge in [0.15, 0.2) is 0 Å². The summed E-state index contributed by atoms with van der Waals surface area (Å²) in [4.78, 5) is 0. The van der Waals surface area contributed by atoms with Crippen molar-refractivity contribution in [3.63, 3.8) is 0 Å². The summed E-state index contributed by atoms with van der Waals surface area (Å²) in [5.74, 6) is 0.350. The highest BCUT2D eigenvalue weighted by molar-refractivity contribution is 5.57. The van der Waals surface area contributed by atoms with Crippen LogP contribution in [0.2, 0.25) is 0 Å². The standard InChI is InChI=1S/C13H21NO2/c1-5-11(8-16-4)14-12-6-10(3)13(15)7-9(12)2/h6-7,11,14-15H,5,8H2,1-4H3. The van der Waals surface area contributed by atoms with Crippen LogP contribution in [-0.4, -0.2) is 24.9 Å². The van der Waals surface area contributed by atoms with Gasteiger partial charge in [0, 0.05) is 18.8 Å². The Morgan fingerprint density at radius 3 is 2.56 bits per heavy atom. The molecule has 1 aromatic rings. The molecule has 0 amide bonds. The molecule has 3 nitrogen and oxygen atoms in total. The van der Waals surface area contributed by atoms with Gasteiger partial charge in [-0.1, -0.05) is 6.92 Å². The minimum atomic E-state index is 0.313. The van der Waals surface area contributed by atoms with Gasteiger partial charge in [0.2, 0.25) is 0 Å². The largest absolute Gasteiger partial charge is 0.508 e. The van der Waals surface area contributed by atoms with E-state index in [-0.39, 0.29) is 0 Å². The van der Waals surface area contributed by atoms with Crippen LogP contribution in [-0.2, 0) is 4.74 Å². The number of rotatable bonds is 5. The second-order valence-electron chi connectivity index (χ2n) is 4.16. The number of nitrogens with one attached hydrogen (secondary N) is 1. The Hall–Kier alpha value is -1.22. The average Bonchev–Trinajstić information content (AvgIpc) is 2.25. The van der Waals surface area contributed by atoms with Gasteiger partial charge in [0.05, 0.1) is 6.61 Å². The molecule has 0 radical (unpaired) electrons. The van der Waals surface area contributed by atoms with Crippen molar-refractivity contribution in [1.82, 2.24) is 0 Å². The number of ether oxygens (including phenoxy) is 1. The number of benzene rings is 1. The Bertz CT molecular complexity index is 350. The molecule has 2 N–H and O–H groups in total. The molecule has 0 bridgehead atoms. The number of phenols is 1. The van der Waals surface area contributed by atoms with Crippen LogP contribution in [0.4, 0.5) is 5.69 Å². The summed E-state index contributed by atoms with van der Waals surface area (Å²) in [6, 6.07) is 4.08. The SMILES string of the molecule is CCC(COC)Nc1cc(C)c(O)cc1C. The fourth-order valence-corrected chi connectivity index (χ4v) is 1.64. The predicted molar refractivity (Wildman–Crippen MR) is 67.2 cm³/mol. The van der Waals surface area contributed by atoms with Gasteiger partial charge in [-0.15, -0.1) is 0 Å². The molecule has 1 atom stereocenters. The molecule has 1 aromatic carbocycles. The van der Waals surface area contributed by atoms with E-state index in [1.165, 1.54) is 0 Å². The first-order chi connectivity index (χ1) is 7.58. The minimum Gasteiger partial charge on any atom is -0.508 e. The molecule has 1 unspecified atom stereocenters. The lowest BCUT2D eigenvalue weighted by molar-refractivity contribution is 0.184. The van der Waals surface area contributed by atoms with E-state index in [4.69, 9.17) is 4.74 Å². The van der Waals surface area contributed by atoms with Gasteiger partial charge in [-0.2, -0.15) is 0 Å². The topological polar surface area (TPSA) is 41.5 Å². The third kappa shape index (κ3) is 3.14. The zero-order valence-electron chi connectivity index (χ0n) is 10.5. The smallest absolute Gasteiger partial charge is 0.118 e. The fraction of sp³-hybridized carbons (Fsp3) is 0.538. The number of aromatic hydroxyl groups is 1. The monoisotopic (exact) mass is 223 g/mol. The molecule has 0 spiro atoms. The Balaban J connectivity index is 2.83. The molecule has 3 heteroatoms. The molecular formula is C13H21NO2. The molecule has 16 heavy (non-hydrogen) atoms. The summed E-state index contributed by atoms with van der Waals surface area (Å²) in [5, 5.41) is 13.0. The number of anilines is 1. The third-order valence-corrected chi connectivity index (χ3v) is 2.76. The summed E-state index contributed by atoms with van der Waals surface area (Å²) in [6.45, 7) is 6.70. The Kier molecular flexibility index (Phi) is 4.62. The van der Waals surface area contributed by atoms with Crippen LogP contribution in [0.25, 0.3) is 0 Å². The van der Waals surface area contributed by atoms with Crippen molar-refractivity contribution in [1.29, 1.82) is 0 Å². The van der Waals surface area contributed by atoms with Crippen molar-refractivity contribution in [2.24, 2.45) is 0 Å². The summed E-state index contributed by atoms with van der Waals surface area (Å²) < 4.78 is 5.15. The molecule has 1 rings (SSSR count). The van der Waals surface area contributed by atoms with E-state index >= 15 is 0 Å². The highest BCUT2D eigenvalue weighted by Crippen LogP contribution is 2.25. The van der Waals surface area contributed by atoms with Crippen molar-refractivity contribution in [3.8, 4) is 5.75 Å². The van der Waals surface area contributed by atoms with E-state index in [2.05, 4.69) is 12.2 Å². The predicted octanol–water partition coefficient (Wildman–Crippen LogP) is 2.85. The normalized spacial score (nSPS) is 12.5. The van der Waals surface area contributed by atoms with Crippen molar-refractivity contribution >= 4 is 5.69 Å². The molecule has 0 aliphatic carbocycles. The van der Waals surface area contributed by atoms with E-state index in [1.54, 1.807) is 13.2 Å². The average molecular weight is 223 g/mol. The van der Waals surface area contributed by atoms with Crippen LogP contribution in [0, 0.1) is 13.8 Å². The first-order valence-electron chi connectivity index (χ1n) is 5.64. The van der Waals surface area contributed by atoms with Crippen LogP contribution < -0.4 is 5.32 Å². The van der Waals surface area contributed by atoms with Gasteiger partial charge in [-0.25, -0.2) is 0 Å². The van der Waals surface area contributed by atoms with E-state index in [9.17, 15) is 5.11 Å². The van der Waals surface area contributed by atoms with Gasteiger partial charge in [0.25, 0.3) is 0 Å². The molecule has 0 saturated heterocycles. The number of methoxy groups -OCH3 is 1. The molecule has 0 fully saturated rings. The van der Waals surface area contributed by atoms with Crippen molar-refractivity contribution in [3.05, 3.63) is 23.3 Å². The third-order valence-electron chi connectivity index (χ3n) is 2.76. The lowest BCUT2D eigenvalue weighted by Crippen LogP contribution is -2.24. The molecule has 0 aromatic heterocycles. The molecule has 0 aliphatic heterocycles. The maximum atomic E-state index is 9.57. The molecule has 0 saturated carbocycles. The van der Waals surface area contributed by atoms with E-state index in [1.807, 2.05) is 19.9 Å². The Labute approximate surface area is 97.4 Å². The van der Waals surface area contributed by atoms with Crippen molar-refractivity contribution in [2.45, 2.75) is 33.2 Å². The summed E-state index contributed by atoms with van der Waals surface area (Å²) in [6.07, 6.45) is 1.01. The minimum absolute atomic E-state index is 0.313. The highest BCUT2D eigenvalue weighted by Gasteiger charge is 2.09. The molecule has 90 valence electrons. The molecule has 0 aliphatic rings. The van der Waals surface area contributed by atoms with Crippen LogP contribution in [0.15, 0.2) is 12.1 Å². The second kappa shape index (κ2) is 5.75. The second-order valence-corrected chi connectivity index (χ2v) is 4.16. The van der Waals surface area contributed by atoms with E-state index in [0.29, 0.717) is 18.4 Å². The Morgan fingerprint density at radius 2 is 2.00 bits per heavy atom. The van der Waals surface area contributed by atoms with Gasteiger partial charge in [-0.05, 0) is 43.5 Å². The van der Waals surface area contributed by atoms with Crippen LogP contribution in [0.3, 0.4) is 0 Å². The first kappa shape index (κ1) is 12.8. The maximum Gasteiger partial charge on any atom is 0.118 e. The van der Waals surface area contributed by atoms with Gasteiger partial charge < -0.3 is 15.2 Å². The zero-order valence-corrected chi connectivity index (χ0v) is 10.5. The quantitative estimate of drug-likeness (QED) is 0.754. The van der Waals surface area contributed by atoms with Crippen LogP contribution in [0.1, 0.15) is 24.5 Å². The lowest BCUT2D eigenvalue weighted by Gasteiger charge is -2.19. The molecular weight excluding hydrogens is 202 g/mol. The lowest BCUT2D eigenvalue weighted by atomic mass is 10.1. The number of hydrogen-bond acceptors (Lipinski definition) is 3.